The fourth-order valence-electron chi connectivity index (χ4n) is 2.40. The highest BCUT2D eigenvalue weighted by molar-refractivity contribution is 5.48. The van der Waals surface area contributed by atoms with Crippen molar-refractivity contribution < 1.29 is 27.0 Å². The summed E-state index contributed by atoms with van der Waals surface area (Å²) in [6.07, 6.45) is -4.95. The van der Waals surface area contributed by atoms with Crippen LogP contribution >= 0.6 is 0 Å². The quantitative estimate of drug-likeness (QED) is 0.615. The number of nitriles is 1. The van der Waals surface area contributed by atoms with E-state index >= 15 is 0 Å². The van der Waals surface area contributed by atoms with Gasteiger partial charge < -0.3 is 9.47 Å². The van der Waals surface area contributed by atoms with E-state index in [1.54, 1.807) is 24.3 Å². The number of halogens is 4. The minimum atomic E-state index is -4.95. The van der Waals surface area contributed by atoms with Crippen LogP contribution in [0.1, 0.15) is 11.4 Å². The molecule has 1 aromatic carbocycles. The zero-order valence-corrected chi connectivity index (χ0v) is 14.9. The highest BCUT2D eigenvalue weighted by atomic mass is 19.4. The van der Waals surface area contributed by atoms with Crippen molar-refractivity contribution in [2.24, 2.45) is 7.05 Å². The smallest absolute Gasteiger partial charge is 0.451 e. The molecule has 0 fully saturated rings. The number of alkyl halides is 3. The summed E-state index contributed by atoms with van der Waals surface area (Å²) in [4.78, 5) is 15.9. The van der Waals surface area contributed by atoms with Crippen LogP contribution in [0.3, 0.4) is 0 Å². The van der Waals surface area contributed by atoms with Crippen molar-refractivity contribution in [2.45, 2.75) is 6.18 Å². The molecule has 0 aliphatic heterocycles. The summed E-state index contributed by atoms with van der Waals surface area (Å²) in [6.45, 7) is 0. The van der Waals surface area contributed by atoms with Crippen LogP contribution in [0.2, 0.25) is 0 Å². The third kappa shape index (κ3) is 3.62. The highest BCUT2D eigenvalue weighted by Crippen LogP contribution is 2.33. The molecule has 0 aliphatic carbocycles. The number of aromatic nitrogens is 4. The predicted molar refractivity (Wildman–Crippen MR) is 89.3 cm³/mol. The first-order chi connectivity index (χ1) is 13.7. The fraction of sp³-hybridized carbons (Fsp3) is 0.176. The zero-order valence-electron chi connectivity index (χ0n) is 14.9. The summed E-state index contributed by atoms with van der Waals surface area (Å²) in [6, 6.07) is 8.60. The van der Waals surface area contributed by atoms with E-state index in [0.717, 1.165) is 7.05 Å². The molecule has 0 spiro atoms. The first-order valence-electron chi connectivity index (χ1n) is 7.82. The van der Waals surface area contributed by atoms with Gasteiger partial charge in [-0.2, -0.15) is 28.1 Å². The number of para-hydroxylation sites is 2. The average Bonchev–Trinajstić information content (AvgIpc) is 2.98. The van der Waals surface area contributed by atoms with Gasteiger partial charge in [0.25, 0.3) is 0 Å². The number of ether oxygens (including phenoxy) is 2. The van der Waals surface area contributed by atoms with Crippen LogP contribution in [0, 0.1) is 17.1 Å². The summed E-state index contributed by atoms with van der Waals surface area (Å²) in [5.74, 6) is -3.70. The van der Waals surface area contributed by atoms with E-state index in [2.05, 4.69) is 10.1 Å². The molecule has 3 rings (SSSR count). The second-order valence-electron chi connectivity index (χ2n) is 5.59. The van der Waals surface area contributed by atoms with Crippen LogP contribution < -0.4 is 15.2 Å². The van der Waals surface area contributed by atoms with Crippen molar-refractivity contribution in [1.29, 1.82) is 5.26 Å². The molecule has 12 heteroatoms. The third-order valence-corrected chi connectivity index (χ3v) is 3.75. The monoisotopic (exact) mass is 409 g/mol. The Balaban J connectivity index is 2.17. The first-order valence-corrected chi connectivity index (χ1v) is 7.82. The summed E-state index contributed by atoms with van der Waals surface area (Å²) in [5.41, 5.74) is -1.63. The molecule has 2 aromatic heterocycles. The Labute approximate surface area is 160 Å². The lowest BCUT2D eigenvalue weighted by molar-refractivity contribution is -0.147. The number of rotatable bonds is 4. The van der Waals surface area contributed by atoms with Crippen LogP contribution in [0.15, 0.2) is 35.1 Å². The van der Waals surface area contributed by atoms with Crippen LogP contribution in [0.5, 0.6) is 17.4 Å². The molecule has 0 saturated heterocycles. The van der Waals surface area contributed by atoms with Gasteiger partial charge in [0, 0.05) is 13.1 Å². The maximum Gasteiger partial charge on any atom is 0.451 e. The first kappa shape index (κ1) is 19.9. The van der Waals surface area contributed by atoms with Crippen LogP contribution in [-0.4, -0.2) is 26.4 Å². The number of hydrogen-bond donors (Lipinski definition) is 0. The molecule has 29 heavy (non-hydrogen) atoms. The lowest BCUT2D eigenvalue weighted by Crippen LogP contribution is -2.24. The van der Waals surface area contributed by atoms with E-state index in [-0.39, 0.29) is 26.3 Å². The van der Waals surface area contributed by atoms with E-state index in [4.69, 9.17) is 9.47 Å². The van der Waals surface area contributed by atoms with E-state index < -0.39 is 35.2 Å². The van der Waals surface area contributed by atoms with Crippen LogP contribution in [0.25, 0.3) is 5.82 Å². The van der Waals surface area contributed by atoms with Gasteiger partial charge in [-0.25, -0.2) is 9.18 Å². The molecule has 8 nitrogen and oxygen atoms in total. The Morgan fingerprint density at radius 1 is 1.21 bits per heavy atom. The second kappa shape index (κ2) is 7.27. The SMILES string of the molecule is COc1ccccc1Oc1nc(-n2nc(C(F)(F)F)n(C)c2=O)c(F)cc1C#N. The number of pyridine rings is 1. The Kier molecular flexibility index (Phi) is 4.98. The summed E-state index contributed by atoms with van der Waals surface area (Å²) in [7, 11) is 2.20. The minimum Gasteiger partial charge on any atom is -0.493 e. The Hall–Kier alpha value is -3.88. The molecule has 2 heterocycles. The molecule has 0 radical (unpaired) electrons. The fourth-order valence-corrected chi connectivity index (χ4v) is 2.40. The molecule has 150 valence electrons. The molecule has 0 atom stereocenters. The highest BCUT2D eigenvalue weighted by Gasteiger charge is 2.38. The van der Waals surface area contributed by atoms with Gasteiger partial charge in [0.1, 0.15) is 11.6 Å². The molecular formula is C17H11F4N5O3. The zero-order chi connectivity index (χ0) is 21.3. The van der Waals surface area contributed by atoms with Crippen molar-refractivity contribution >= 4 is 0 Å². The topological polar surface area (TPSA) is 95.0 Å². The molecule has 0 unspecified atom stereocenters. The van der Waals surface area contributed by atoms with Crippen molar-refractivity contribution in [3.05, 3.63) is 58.0 Å². The van der Waals surface area contributed by atoms with Gasteiger partial charge in [0.05, 0.1) is 7.11 Å². The van der Waals surface area contributed by atoms with Crippen molar-refractivity contribution in [3.63, 3.8) is 0 Å². The maximum atomic E-state index is 14.4. The average molecular weight is 409 g/mol. The third-order valence-electron chi connectivity index (χ3n) is 3.75. The van der Waals surface area contributed by atoms with Gasteiger partial charge in [-0.3, -0.25) is 4.57 Å². The van der Waals surface area contributed by atoms with Crippen molar-refractivity contribution in [3.8, 4) is 29.3 Å². The Morgan fingerprint density at radius 2 is 1.86 bits per heavy atom. The summed E-state index contributed by atoms with van der Waals surface area (Å²) in [5, 5.41) is 12.3. The molecule has 3 aromatic rings. The second-order valence-corrected chi connectivity index (χ2v) is 5.59. The standard InChI is InChI=1S/C17H11F4N5O3/c1-25-15(17(19,20)21)24-26(16(25)27)13-10(18)7-9(8-22)14(23-13)29-12-6-4-3-5-11(12)28-2/h3-7H,1-2H3. The molecule has 0 saturated carbocycles. The molecule has 0 aliphatic rings. The van der Waals surface area contributed by atoms with Gasteiger partial charge in [-0.05, 0) is 12.1 Å². The minimum absolute atomic E-state index is 0.112. The number of nitrogens with zero attached hydrogens (tertiary/aromatic N) is 5. The molecule has 0 N–H and O–H groups in total. The predicted octanol–water partition coefficient (Wildman–Crippen LogP) is 2.80. The largest absolute Gasteiger partial charge is 0.493 e. The van der Waals surface area contributed by atoms with Gasteiger partial charge in [-0.15, -0.1) is 5.10 Å². The Morgan fingerprint density at radius 3 is 2.41 bits per heavy atom. The normalized spacial score (nSPS) is 11.2. The number of methoxy groups -OCH3 is 1. The molecular weight excluding hydrogens is 398 g/mol. The maximum absolute atomic E-state index is 14.4. The van der Waals surface area contributed by atoms with E-state index in [1.165, 1.54) is 13.2 Å². The van der Waals surface area contributed by atoms with Crippen molar-refractivity contribution in [2.75, 3.05) is 7.11 Å². The summed E-state index contributed by atoms with van der Waals surface area (Å²) >= 11 is 0. The number of benzene rings is 1. The van der Waals surface area contributed by atoms with Crippen molar-refractivity contribution in [1.82, 2.24) is 19.3 Å². The van der Waals surface area contributed by atoms with E-state index in [9.17, 15) is 27.6 Å². The molecule has 0 amide bonds. The van der Waals surface area contributed by atoms with Crippen LogP contribution in [0.4, 0.5) is 17.6 Å². The van der Waals surface area contributed by atoms with Gasteiger partial charge in [0.2, 0.25) is 11.7 Å². The van der Waals surface area contributed by atoms with Gasteiger partial charge >= 0.3 is 11.9 Å². The van der Waals surface area contributed by atoms with E-state index in [1.807, 2.05) is 0 Å². The lowest BCUT2D eigenvalue weighted by Gasteiger charge is -2.11. The molecule has 0 bridgehead atoms. The Bertz CT molecular complexity index is 1180. The lowest BCUT2D eigenvalue weighted by atomic mass is 10.2. The van der Waals surface area contributed by atoms with Gasteiger partial charge in [-0.1, -0.05) is 12.1 Å². The van der Waals surface area contributed by atoms with Gasteiger partial charge in [0.15, 0.2) is 23.1 Å². The summed E-state index contributed by atoms with van der Waals surface area (Å²) < 4.78 is 64.3. The number of hydrogen-bond acceptors (Lipinski definition) is 6. The van der Waals surface area contributed by atoms with Crippen LogP contribution in [-0.2, 0) is 13.2 Å². The van der Waals surface area contributed by atoms with E-state index in [0.29, 0.717) is 6.07 Å².